The molecule has 0 fully saturated rings. The maximum absolute atomic E-state index is 5.75. The third kappa shape index (κ3) is 2.68. The van der Waals surface area contributed by atoms with E-state index in [1.807, 2.05) is 0 Å². The van der Waals surface area contributed by atoms with Crippen LogP contribution in [0.15, 0.2) is 24.1 Å². The molecule has 1 aromatic heterocycles. The van der Waals surface area contributed by atoms with Crippen LogP contribution in [0.2, 0.25) is 5.02 Å². The number of nitrogens with zero attached hydrogens (tertiary/aromatic N) is 2. The Morgan fingerprint density at radius 3 is 3.00 bits per heavy atom. The summed E-state index contributed by atoms with van der Waals surface area (Å²) in [5.74, 6) is 0.563. The maximum Gasteiger partial charge on any atom is 0.148 e. The standard InChI is InChI=1S/C7H7Cl2N3/c1-5(8)2-11-7-6(9)3-10-4-12-7/h3-4H,1-2H2,(H,10,11,12). The van der Waals surface area contributed by atoms with Gasteiger partial charge in [0.2, 0.25) is 0 Å². The highest BCUT2D eigenvalue weighted by Gasteiger charge is 1.99. The van der Waals surface area contributed by atoms with Crippen LogP contribution in [-0.4, -0.2) is 16.5 Å². The molecule has 0 radical (unpaired) electrons. The van der Waals surface area contributed by atoms with Gasteiger partial charge in [0.25, 0.3) is 0 Å². The van der Waals surface area contributed by atoms with Crippen LogP contribution in [0, 0.1) is 0 Å². The first-order valence-electron chi connectivity index (χ1n) is 3.23. The molecule has 0 saturated heterocycles. The lowest BCUT2D eigenvalue weighted by Gasteiger charge is -2.03. The van der Waals surface area contributed by atoms with Gasteiger partial charge in [-0.3, -0.25) is 0 Å². The van der Waals surface area contributed by atoms with Crippen molar-refractivity contribution in [3.8, 4) is 0 Å². The van der Waals surface area contributed by atoms with E-state index in [9.17, 15) is 0 Å². The fraction of sp³-hybridized carbons (Fsp3) is 0.143. The van der Waals surface area contributed by atoms with Crippen LogP contribution in [0.1, 0.15) is 0 Å². The quantitative estimate of drug-likeness (QED) is 0.820. The second kappa shape index (κ2) is 4.28. The summed E-state index contributed by atoms with van der Waals surface area (Å²) in [6, 6.07) is 0. The average molecular weight is 204 g/mol. The summed E-state index contributed by atoms with van der Waals surface area (Å²) in [5.41, 5.74) is 0. The number of rotatable bonds is 3. The first-order valence-corrected chi connectivity index (χ1v) is 3.98. The van der Waals surface area contributed by atoms with Crippen molar-refractivity contribution in [2.24, 2.45) is 0 Å². The lowest BCUT2D eigenvalue weighted by Crippen LogP contribution is -2.03. The van der Waals surface area contributed by atoms with Gasteiger partial charge in [-0.15, -0.1) is 0 Å². The molecule has 0 atom stereocenters. The Kier molecular flexibility index (Phi) is 3.31. The molecular weight excluding hydrogens is 197 g/mol. The number of anilines is 1. The molecule has 12 heavy (non-hydrogen) atoms. The zero-order valence-corrected chi connectivity index (χ0v) is 7.73. The van der Waals surface area contributed by atoms with E-state index in [1.54, 1.807) is 0 Å². The fourth-order valence-corrected chi connectivity index (χ4v) is 0.861. The summed E-state index contributed by atoms with van der Waals surface area (Å²) in [6.45, 7) is 3.96. The van der Waals surface area contributed by atoms with Gasteiger partial charge in [-0.25, -0.2) is 9.97 Å². The van der Waals surface area contributed by atoms with Crippen molar-refractivity contribution in [2.75, 3.05) is 11.9 Å². The highest BCUT2D eigenvalue weighted by Crippen LogP contribution is 2.16. The molecular formula is C7H7Cl2N3. The van der Waals surface area contributed by atoms with Crippen LogP contribution in [0.3, 0.4) is 0 Å². The van der Waals surface area contributed by atoms with Crippen LogP contribution in [0.5, 0.6) is 0 Å². The molecule has 64 valence electrons. The third-order valence-electron chi connectivity index (χ3n) is 1.12. The number of hydrogen-bond donors (Lipinski definition) is 1. The Bertz CT molecular complexity index is 288. The number of nitrogens with one attached hydrogen (secondary N) is 1. The Balaban J connectivity index is 2.63. The van der Waals surface area contributed by atoms with Gasteiger partial charge in [0.15, 0.2) is 0 Å². The molecule has 0 unspecified atom stereocenters. The molecule has 5 heteroatoms. The van der Waals surface area contributed by atoms with Gasteiger partial charge in [-0.1, -0.05) is 29.8 Å². The molecule has 0 aliphatic rings. The minimum absolute atomic E-state index is 0.443. The topological polar surface area (TPSA) is 37.8 Å². The van der Waals surface area contributed by atoms with E-state index >= 15 is 0 Å². The lowest BCUT2D eigenvalue weighted by atomic mass is 10.5. The third-order valence-corrected chi connectivity index (χ3v) is 1.53. The van der Waals surface area contributed by atoms with Crippen molar-refractivity contribution in [3.63, 3.8) is 0 Å². The molecule has 0 aliphatic carbocycles. The Morgan fingerprint density at radius 2 is 2.42 bits per heavy atom. The van der Waals surface area contributed by atoms with Gasteiger partial charge in [0.1, 0.15) is 17.2 Å². The molecule has 1 rings (SSSR count). The predicted molar refractivity (Wildman–Crippen MR) is 50.5 cm³/mol. The molecule has 0 bridgehead atoms. The zero-order valence-electron chi connectivity index (χ0n) is 6.22. The van der Waals surface area contributed by atoms with E-state index in [1.165, 1.54) is 12.5 Å². The Labute approximate surface area is 80.4 Å². The predicted octanol–water partition coefficient (Wildman–Crippen LogP) is 2.29. The largest absolute Gasteiger partial charge is 0.364 e. The SMILES string of the molecule is C=C(Cl)CNc1ncncc1Cl. The van der Waals surface area contributed by atoms with E-state index in [-0.39, 0.29) is 0 Å². The number of hydrogen-bond acceptors (Lipinski definition) is 3. The first kappa shape index (κ1) is 9.29. The zero-order chi connectivity index (χ0) is 8.97. The van der Waals surface area contributed by atoms with E-state index in [0.29, 0.717) is 22.4 Å². The van der Waals surface area contributed by atoms with Crippen LogP contribution in [0.4, 0.5) is 5.82 Å². The molecule has 0 amide bonds. The lowest BCUT2D eigenvalue weighted by molar-refractivity contribution is 1.14. The second-order valence-corrected chi connectivity index (χ2v) is 3.03. The molecule has 0 aliphatic heterocycles. The second-order valence-electron chi connectivity index (χ2n) is 2.09. The highest BCUT2D eigenvalue weighted by molar-refractivity contribution is 6.33. The molecule has 3 nitrogen and oxygen atoms in total. The summed E-state index contributed by atoms with van der Waals surface area (Å²) in [6.07, 6.45) is 2.92. The maximum atomic E-state index is 5.75. The molecule has 0 spiro atoms. The van der Waals surface area contributed by atoms with Crippen LogP contribution in [0.25, 0.3) is 0 Å². The fourth-order valence-electron chi connectivity index (χ4n) is 0.622. The first-order chi connectivity index (χ1) is 5.70. The molecule has 1 heterocycles. The normalized spacial score (nSPS) is 9.50. The number of aromatic nitrogens is 2. The van der Waals surface area contributed by atoms with Crippen molar-refractivity contribution in [3.05, 3.63) is 29.2 Å². The van der Waals surface area contributed by atoms with Crippen LogP contribution >= 0.6 is 23.2 Å². The Hall–Kier alpha value is -0.800. The van der Waals surface area contributed by atoms with Crippen molar-refractivity contribution in [1.82, 2.24) is 9.97 Å². The summed E-state index contributed by atoms with van der Waals surface area (Å²) in [4.78, 5) is 7.63. The van der Waals surface area contributed by atoms with Gasteiger partial charge < -0.3 is 5.32 Å². The van der Waals surface area contributed by atoms with Crippen LogP contribution < -0.4 is 5.32 Å². The minimum atomic E-state index is 0.443. The molecule has 1 N–H and O–H groups in total. The van der Waals surface area contributed by atoms with E-state index in [0.717, 1.165) is 0 Å². The molecule has 0 saturated carbocycles. The minimum Gasteiger partial charge on any atom is -0.364 e. The smallest absolute Gasteiger partial charge is 0.148 e. The van der Waals surface area contributed by atoms with Gasteiger partial charge in [0, 0.05) is 5.03 Å². The Morgan fingerprint density at radius 1 is 1.67 bits per heavy atom. The van der Waals surface area contributed by atoms with E-state index in [4.69, 9.17) is 23.2 Å². The molecule has 0 aromatic carbocycles. The van der Waals surface area contributed by atoms with E-state index < -0.39 is 0 Å². The van der Waals surface area contributed by atoms with Crippen LogP contribution in [-0.2, 0) is 0 Å². The highest BCUT2D eigenvalue weighted by atomic mass is 35.5. The van der Waals surface area contributed by atoms with Crippen molar-refractivity contribution >= 4 is 29.0 Å². The van der Waals surface area contributed by atoms with E-state index in [2.05, 4.69) is 21.9 Å². The summed E-state index contributed by atoms with van der Waals surface area (Å²) < 4.78 is 0. The average Bonchev–Trinajstić information content (AvgIpc) is 2.03. The van der Waals surface area contributed by atoms with Crippen molar-refractivity contribution < 1.29 is 0 Å². The molecule has 1 aromatic rings. The van der Waals surface area contributed by atoms with Gasteiger partial charge >= 0.3 is 0 Å². The summed E-state index contributed by atoms with van der Waals surface area (Å²) in [7, 11) is 0. The van der Waals surface area contributed by atoms with Crippen molar-refractivity contribution in [1.29, 1.82) is 0 Å². The number of halogens is 2. The summed E-state index contributed by atoms with van der Waals surface area (Å²) >= 11 is 11.3. The summed E-state index contributed by atoms with van der Waals surface area (Å²) in [5, 5.41) is 3.87. The van der Waals surface area contributed by atoms with Gasteiger partial charge in [0.05, 0.1) is 12.7 Å². The monoisotopic (exact) mass is 203 g/mol. The van der Waals surface area contributed by atoms with Gasteiger partial charge in [-0.05, 0) is 0 Å². The van der Waals surface area contributed by atoms with Gasteiger partial charge in [-0.2, -0.15) is 0 Å². The van der Waals surface area contributed by atoms with Crippen molar-refractivity contribution in [2.45, 2.75) is 0 Å².